The van der Waals surface area contributed by atoms with E-state index in [1.807, 2.05) is 6.92 Å². The van der Waals surface area contributed by atoms with Crippen LogP contribution in [0, 0.1) is 11.2 Å². The van der Waals surface area contributed by atoms with Crippen LogP contribution in [-0.4, -0.2) is 18.9 Å². The molecule has 1 unspecified atom stereocenters. The number of Topliss-reactive ketones (excluding diaryl/α,β-unsaturated/α-hetero) is 1. The van der Waals surface area contributed by atoms with Crippen LogP contribution in [0.1, 0.15) is 30.1 Å². The van der Waals surface area contributed by atoms with Crippen molar-refractivity contribution in [2.45, 2.75) is 19.8 Å². The quantitative estimate of drug-likeness (QED) is 0.850. The predicted molar refractivity (Wildman–Crippen MR) is 68.6 cm³/mol. The van der Waals surface area contributed by atoms with Gasteiger partial charge in [0, 0.05) is 12.0 Å². The number of benzene rings is 1. The Hall–Kier alpha value is -0.740. The molecule has 0 aromatic heterocycles. The van der Waals surface area contributed by atoms with Gasteiger partial charge >= 0.3 is 0 Å². The van der Waals surface area contributed by atoms with Crippen LogP contribution in [0.5, 0.6) is 0 Å². The first-order valence-corrected chi connectivity index (χ1v) is 6.53. The highest BCUT2D eigenvalue weighted by Gasteiger charge is 2.36. The zero-order valence-corrected chi connectivity index (χ0v) is 11.3. The molecule has 92 valence electrons. The topological polar surface area (TPSA) is 29.1 Å². The molecule has 4 heteroatoms. The van der Waals surface area contributed by atoms with Crippen molar-refractivity contribution >= 4 is 21.7 Å². The summed E-state index contributed by atoms with van der Waals surface area (Å²) in [4.78, 5) is 12.4. The number of piperidine rings is 1. The summed E-state index contributed by atoms with van der Waals surface area (Å²) in [5, 5.41) is 3.21. The van der Waals surface area contributed by atoms with Crippen LogP contribution in [0.2, 0.25) is 0 Å². The SMILES string of the molecule is CC1(C(=O)c2cccc(Br)c2F)CCCNC1. The summed E-state index contributed by atoms with van der Waals surface area (Å²) in [6.07, 6.45) is 1.77. The van der Waals surface area contributed by atoms with Crippen LogP contribution in [-0.2, 0) is 0 Å². The molecular weight excluding hydrogens is 285 g/mol. The van der Waals surface area contributed by atoms with Crippen LogP contribution in [0.15, 0.2) is 22.7 Å². The van der Waals surface area contributed by atoms with Gasteiger partial charge in [-0.1, -0.05) is 13.0 Å². The molecule has 1 atom stereocenters. The van der Waals surface area contributed by atoms with Gasteiger partial charge in [-0.2, -0.15) is 0 Å². The third-order valence-corrected chi connectivity index (χ3v) is 3.95. The van der Waals surface area contributed by atoms with Crippen molar-refractivity contribution in [3.05, 3.63) is 34.1 Å². The number of hydrogen-bond donors (Lipinski definition) is 1. The fraction of sp³-hybridized carbons (Fsp3) is 0.462. The predicted octanol–water partition coefficient (Wildman–Crippen LogP) is 3.16. The lowest BCUT2D eigenvalue weighted by molar-refractivity contribution is 0.0768. The van der Waals surface area contributed by atoms with Crippen molar-refractivity contribution in [2.75, 3.05) is 13.1 Å². The normalized spacial score (nSPS) is 24.6. The monoisotopic (exact) mass is 299 g/mol. The minimum Gasteiger partial charge on any atom is -0.316 e. The molecule has 17 heavy (non-hydrogen) atoms. The van der Waals surface area contributed by atoms with E-state index in [1.54, 1.807) is 18.2 Å². The molecule has 2 nitrogen and oxygen atoms in total. The Kier molecular flexibility index (Phi) is 3.64. The summed E-state index contributed by atoms with van der Waals surface area (Å²) in [5.74, 6) is -0.562. The number of carbonyl (C=O) groups is 1. The summed E-state index contributed by atoms with van der Waals surface area (Å²) in [6, 6.07) is 4.86. The molecule has 1 aliphatic heterocycles. The summed E-state index contributed by atoms with van der Waals surface area (Å²) in [5.41, 5.74) is -0.301. The van der Waals surface area contributed by atoms with E-state index in [1.165, 1.54) is 0 Å². The van der Waals surface area contributed by atoms with Gasteiger partial charge < -0.3 is 5.32 Å². The molecule has 1 aliphatic rings. The van der Waals surface area contributed by atoms with Crippen LogP contribution in [0.3, 0.4) is 0 Å². The highest BCUT2D eigenvalue weighted by atomic mass is 79.9. The van der Waals surface area contributed by atoms with Crippen LogP contribution < -0.4 is 5.32 Å². The average molecular weight is 300 g/mol. The average Bonchev–Trinajstić information content (AvgIpc) is 2.33. The summed E-state index contributed by atoms with van der Waals surface area (Å²) in [7, 11) is 0. The van der Waals surface area contributed by atoms with Crippen molar-refractivity contribution in [1.29, 1.82) is 0 Å². The molecule has 1 heterocycles. The maximum atomic E-state index is 13.9. The largest absolute Gasteiger partial charge is 0.316 e. The third kappa shape index (κ3) is 2.43. The maximum Gasteiger partial charge on any atom is 0.172 e. The van der Waals surface area contributed by atoms with E-state index in [2.05, 4.69) is 21.2 Å². The smallest absolute Gasteiger partial charge is 0.172 e. The lowest BCUT2D eigenvalue weighted by Gasteiger charge is -2.32. The van der Waals surface area contributed by atoms with E-state index in [0.717, 1.165) is 19.4 Å². The van der Waals surface area contributed by atoms with E-state index < -0.39 is 11.2 Å². The molecule has 1 fully saturated rings. The second-order valence-electron chi connectivity index (χ2n) is 4.77. The number of carbonyl (C=O) groups excluding carboxylic acids is 1. The number of halogens is 2. The second-order valence-corrected chi connectivity index (χ2v) is 5.63. The van der Waals surface area contributed by atoms with Crippen molar-refractivity contribution in [3.63, 3.8) is 0 Å². The molecule has 1 N–H and O–H groups in total. The van der Waals surface area contributed by atoms with Crippen molar-refractivity contribution in [3.8, 4) is 0 Å². The Balaban J connectivity index is 2.33. The molecular formula is C13H15BrFNO. The Morgan fingerprint density at radius 2 is 2.29 bits per heavy atom. The third-order valence-electron chi connectivity index (χ3n) is 3.34. The van der Waals surface area contributed by atoms with Crippen LogP contribution in [0.4, 0.5) is 4.39 Å². The molecule has 1 aromatic carbocycles. The van der Waals surface area contributed by atoms with Gasteiger partial charge in [-0.25, -0.2) is 4.39 Å². The lowest BCUT2D eigenvalue weighted by atomic mass is 9.76. The summed E-state index contributed by atoms with van der Waals surface area (Å²) < 4.78 is 14.2. The van der Waals surface area contributed by atoms with Gasteiger partial charge in [-0.3, -0.25) is 4.79 Å². The van der Waals surface area contributed by atoms with Crippen LogP contribution >= 0.6 is 15.9 Å². The molecule has 0 saturated carbocycles. The lowest BCUT2D eigenvalue weighted by Crippen LogP contribution is -2.43. The fourth-order valence-electron chi connectivity index (χ4n) is 2.25. The molecule has 0 spiro atoms. The summed E-state index contributed by atoms with van der Waals surface area (Å²) >= 11 is 3.11. The molecule has 1 aromatic rings. The Morgan fingerprint density at radius 1 is 1.53 bits per heavy atom. The Bertz CT molecular complexity index is 441. The first kappa shape index (κ1) is 12.7. The number of ketones is 1. The fourth-order valence-corrected chi connectivity index (χ4v) is 2.62. The number of hydrogen-bond acceptors (Lipinski definition) is 2. The second kappa shape index (κ2) is 4.86. The molecule has 0 amide bonds. The zero-order valence-electron chi connectivity index (χ0n) is 9.72. The van der Waals surface area contributed by atoms with Gasteiger partial charge in [0.15, 0.2) is 5.78 Å². The van der Waals surface area contributed by atoms with Gasteiger partial charge in [-0.15, -0.1) is 0 Å². The first-order chi connectivity index (χ1) is 8.04. The van der Waals surface area contributed by atoms with E-state index in [4.69, 9.17) is 0 Å². The van der Waals surface area contributed by atoms with Crippen LogP contribution in [0.25, 0.3) is 0 Å². The van der Waals surface area contributed by atoms with Gasteiger partial charge in [0.05, 0.1) is 10.0 Å². The van der Waals surface area contributed by atoms with E-state index in [0.29, 0.717) is 11.0 Å². The van der Waals surface area contributed by atoms with Crippen molar-refractivity contribution in [2.24, 2.45) is 5.41 Å². The Labute approximate surface area is 109 Å². The van der Waals surface area contributed by atoms with E-state index in [-0.39, 0.29) is 11.3 Å². The molecule has 0 radical (unpaired) electrons. The zero-order chi connectivity index (χ0) is 12.5. The van der Waals surface area contributed by atoms with Crippen molar-refractivity contribution in [1.82, 2.24) is 5.32 Å². The van der Waals surface area contributed by atoms with Gasteiger partial charge in [0.1, 0.15) is 5.82 Å². The van der Waals surface area contributed by atoms with Gasteiger partial charge in [0.25, 0.3) is 0 Å². The number of nitrogens with one attached hydrogen (secondary N) is 1. The molecule has 0 aliphatic carbocycles. The maximum absolute atomic E-state index is 13.9. The highest BCUT2D eigenvalue weighted by molar-refractivity contribution is 9.10. The summed E-state index contributed by atoms with van der Waals surface area (Å²) in [6.45, 7) is 3.46. The first-order valence-electron chi connectivity index (χ1n) is 5.74. The highest BCUT2D eigenvalue weighted by Crippen LogP contribution is 2.32. The minimum atomic E-state index is -0.486. The molecule has 0 bridgehead atoms. The molecule has 1 saturated heterocycles. The van der Waals surface area contributed by atoms with Gasteiger partial charge in [0.2, 0.25) is 0 Å². The minimum absolute atomic E-state index is 0.108. The Morgan fingerprint density at radius 3 is 2.94 bits per heavy atom. The van der Waals surface area contributed by atoms with Crippen molar-refractivity contribution < 1.29 is 9.18 Å². The standard InChI is InChI=1S/C13H15BrFNO/c1-13(6-3-7-16-8-13)12(17)9-4-2-5-10(14)11(9)15/h2,4-5,16H,3,6-8H2,1H3. The molecule has 2 rings (SSSR count). The number of rotatable bonds is 2. The van der Waals surface area contributed by atoms with Gasteiger partial charge in [-0.05, 0) is 47.4 Å². The van der Waals surface area contributed by atoms with E-state index >= 15 is 0 Å². The van der Waals surface area contributed by atoms with E-state index in [9.17, 15) is 9.18 Å².